The van der Waals surface area contributed by atoms with Gasteiger partial charge in [0, 0.05) is 12.0 Å². The van der Waals surface area contributed by atoms with E-state index >= 15 is 0 Å². The van der Waals surface area contributed by atoms with Gasteiger partial charge in [0.05, 0.1) is 13.7 Å². The molecule has 2 rings (SSSR count). The average molecular weight is 336 g/mol. The van der Waals surface area contributed by atoms with Gasteiger partial charge in [-0.15, -0.1) is 10.2 Å². The second-order valence-corrected chi connectivity index (χ2v) is 5.26. The fraction of sp³-hybridized carbons (Fsp3) is 0.312. The highest BCUT2D eigenvalue weighted by atomic mass is 35.5. The number of carbonyl (C=O) groups excluding carboxylic acids is 1. The van der Waals surface area contributed by atoms with Crippen molar-refractivity contribution in [2.45, 2.75) is 19.3 Å². The van der Waals surface area contributed by atoms with Crippen LogP contribution in [0.5, 0.6) is 5.75 Å². The minimum absolute atomic E-state index is 0.198. The molecule has 7 heteroatoms. The van der Waals surface area contributed by atoms with Crippen LogP contribution in [0.4, 0.5) is 5.82 Å². The van der Waals surface area contributed by atoms with Crippen molar-refractivity contribution in [3.63, 3.8) is 0 Å². The molecule has 0 bridgehead atoms. The van der Waals surface area contributed by atoms with Crippen LogP contribution in [0.1, 0.15) is 19.3 Å². The molecule has 0 spiro atoms. The molecule has 1 aromatic heterocycles. The van der Waals surface area contributed by atoms with Crippen molar-refractivity contribution in [2.75, 3.05) is 19.5 Å². The molecule has 0 aliphatic carbocycles. The number of benzene rings is 1. The maximum Gasteiger partial charge on any atom is 0.305 e. The molecule has 0 saturated heterocycles. The van der Waals surface area contributed by atoms with E-state index in [4.69, 9.17) is 22.1 Å². The summed E-state index contributed by atoms with van der Waals surface area (Å²) >= 11 is 5.84. The Labute approximate surface area is 139 Å². The predicted octanol–water partition coefficient (Wildman–Crippen LogP) is 3.10. The van der Waals surface area contributed by atoms with Crippen molar-refractivity contribution in [1.82, 2.24) is 10.2 Å². The number of unbranched alkanes of at least 4 members (excludes halogenated alkanes) is 1. The molecule has 0 amide bonds. The summed E-state index contributed by atoms with van der Waals surface area (Å²) < 4.78 is 10.2. The van der Waals surface area contributed by atoms with E-state index in [1.807, 2.05) is 24.3 Å². The Kier molecular flexibility index (Phi) is 6.17. The standard InChI is InChI=1S/C16H18ClN3O3/c1-22-15(21)4-2-3-9-23-12-7-5-11(6-8-12)13-10-14(17)19-20-16(13)18/h5-8,10H,2-4,9H2,1H3,(H2,18,20). The van der Waals surface area contributed by atoms with Crippen molar-refractivity contribution in [3.05, 3.63) is 35.5 Å². The smallest absolute Gasteiger partial charge is 0.305 e. The van der Waals surface area contributed by atoms with E-state index in [2.05, 4.69) is 14.9 Å². The number of methoxy groups -OCH3 is 1. The Morgan fingerprint density at radius 1 is 1.22 bits per heavy atom. The fourth-order valence-corrected chi connectivity index (χ4v) is 2.15. The predicted molar refractivity (Wildman–Crippen MR) is 88.3 cm³/mol. The minimum Gasteiger partial charge on any atom is -0.494 e. The van der Waals surface area contributed by atoms with E-state index in [9.17, 15) is 4.79 Å². The largest absolute Gasteiger partial charge is 0.494 e. The molecule has 2 aromatic rings. The number of nitrogens with two attached hydrogens (primary N) is 1. The summed E-state index contributed by atoms with van der Waals surface area (Å²) in [5.74, 6) is 0.876. The lowest BCUT2D eigenvalue weighted by atomic mass is 10.1. The number of esters is 1. The number of rotatable bonds is 7. The lowest BCUT2D eigenvalue weighted by molar-refractivity contribution is -0.140. The highest BCUT2D eigenvalue weighted by Crippen LogP contribution is 2.27. The number of carbonyl (C=O) groups is 1. The number of ether oxygens (including phenoxy) is 2. The van der Waals surface area contributed by atoms with Crippen molar-refractivity contribution in [1.29, 1.82) is 0 Å². The monoisotopic (exact) mass is 335 g/mol. The molecule has 0 aliphatic rings. The number of hydrogen-bond donors (Lipinski definition) is 1. The molecule has 2 N–H and O–H groups in total. The molecule has 0 atom stereocenters. The zero-order valence-corrected chi connectivity index (χ0v) is 13.5. The van der Waals surface area contributed by atoms with Gasteiger partial charge >= 0.3 is 5.97 Å². The van der Waals surface area contributed by atoms with Gasteiger partial charge in [0.1, 0.15) is 5.75 Å². The van der Waals surface area contributed by atoms with Crippen LogP contribution in [0.3, 0.4) is 0 Å². The molecule has 0 unspecified atom stereocenters. The summed E-state index contributed by atoms with van der Waals surface area (Å²) in [6.45, 7) is 0.543. The molecule has 0 saturated carbocycles. The Hall–Kier alpha value is -2.34. The summed E-state index contributed by atoms with van der Waals surface area (Å²) in [5, 5.41) is 7.78. The van der Waals surface area contributed by atoms with Crippen LogP contribution in [0, 0.1) is 0 Å². The summed E-state index contributed by atoms with van der Waals surface area (Å²) in [6.07, 6.45) is 1.93. The Bertz CT molecular complexity index is 662. The van der Waals surface area contributed by atoms with E-state index in [0.717, 1.165) is 29.7 Å². The van der Waals surface area contributed by atoms with E-state index in [1.54, 1.807) is 6.07 Å². The van der Waals surface area contributed by atoms with Crippen molar-refractivity contribution < 1.29 is 14.3 Å². The summed E-state index contributed by atoms with van der Waals surface area (Å²) in [5.41, 5.74) is 7.43. The number of halogens is 1. The quantitative estimate of drug-likeness (QED) is 0.618. The third-order valence-corrected chi connectivity index (χ3v) is 3.41. The molecular weight excluding hydrogens is 318 g/mol. The first-order chi connectivity index (χ1) is 11.1. The van der Waals surface area contributed by atoms with Gasteiger partial charge in [-0.2, -0.15) is 0 Å². The molecular formula is C16H18ClN3O3. The molecule has 0 aliphatic heterocycles. The van der Waals surface area contributed by atoms with Crippen molar-refractivity contribution in [3.8, 4) is 16.9 Å². The van der Waals surface area contributed by atoms with Crippen molar-refractivity contribution >= 4 is 23.4 Å². The van der Waals surface area contributed by atoms with Crippen molar-refractivity contribution in [2.24, 2.45) is 0 Å². The highest BCUT2D eigenvalue weighted by molar-refractivity contribution is 6.29. The topological polar surface area (TPSA) is 87.3 Å². The zero-order valence-electron chi connectivity index (χ0n) is 12.8. The zero-order chi connectivity index (χ0) is 16.7. The first-order valence-electron chi connectivity index (χ1n) is 7.19. The molecule has 1 aromatic carbocycles. The van der Waals surface area contributed by atoms with Crippen LogP contribution in [0.15, 0.2) is 30.3 Å². The molecule has 6 nitrogen and oxygen atoms in total. The van der Waals surface area contributed by atoms with Crippen LogP contribution in [-0.4, -0.2) is 29.9 Å². The van der Waals surface area contributed by atoms with Gasteiger partial charge in [0.2, 0.25) is 0 Å². The average Bonchev–Trinajstić information content (AvgIpc) is 2.57. The third-order valence-electron chi connectivity index (χ3n) is 3.23. The van der Waals surface area contributed by atoms with E-state index in [-0.39, 0.29) is 5.97 Å². The first kappa shape index (κ1) is 17.0. The van der Waals surface area contributed by atoms with E-state index in [1.165, 1.54) is 7.11 Å². The normalized spacial score (nSPS) is 10.3. The summed E-state index contributed by atoms with van der Waals surface area (Å²) in [4.78, 5) is 11.0. The van der Waals surface area contributed by atoms with Gasteiger partial charge in [0.25, 0.3) is 0 Å². The summed E-state index contributed by atoms with van der Waals surface area (Å²) in [7, 11) is 1.39. The van der Waals surface area contributed by atoms with Gasteiger partial charge in [-0.25, -0.2) is 0 Å². The van der Waals surface area contributed by atoms with Crippen LogP contribution >= 0.6 is 11.6 Å². The van der Waals surface area contributed by atoms with Gasteiger partial charge in [-0.05, 0) is 36.6 Å². The highest BCUT2D eigenvalue weighted by Gasteiger charge is 2.06. The molecule has 1 heterocycles. The number of nitrogen functional groups attached to an aromatic ring is 1. The lowest BCUT2D eigenvalue weighted by Gasteiger charge is -2.08. The second-order valence-electron chi connectivity index (χ2n) is 4.87. The number of hydrogen-bond acceptors (Lipinski definition) is 6. The fourth-order valence-electron chi connectivity index (χ4n) is 2.00. The Morgan fingerprint density at radius 2 is 1.96 bits per heavy atom. The van der Waals surface area contributed by atoms with Crippen LogP contribution in [-0.2, 0) is 9.53 Å². The van der Waals surface area contributed by atoms with Gasteiger partial charge in [-0.1, -0.05) is 23.7 Å². The minimum atomic E-state index is -0.198. The first-order valence-corrected chi connectivity index (χ1v) is 7.56. The third kappa shape index (κ3) is 5.10. The van der Waals surface area contributed by atoms with Crippen LogP contribution < -0.4 is 10.5 Å². The number of aromatic nitrogens is 2. The molecule has 122 valence electrons. The molecule has 23 heavy (non-hydrogen) atoms. The van der Waals surface area contributed by atoms with Gasteiger partial charge in [-0.3, -0.25) is 4.79 Å². The molecule has 0 fully saturated rings. The Balaban J connectivity index is 1.87. The SMILES string of the molecule is COC(=O)CCCCOc1ccc(-c2cc(Cl)nnc2N)cc1. The second kappa shape index (κ2) is 8.33. The van der Waals surface area contributed by atoms with Gasteiger partial charge < -0.3 is 15.2 Å². The van der Waals surface area contributed by atoms with E-state index in [0.29, 0.717) is 24.0 Å². The van der Waals surface area contributed by atoms with Gasteiger partial charge in [0.15, 0.2) is 11.0 Å². The van der Waals surface area contributed by atoms with Crippen LogP contribution in [0.25, 0.3) is 11.1 Å². The maximum absolute atomic E-state index is 11.0. The molecule has 0 radical (unpaired) electrons. The Morgan fingerprint density at radius 3 is 2.65 bits per heavy atom. The van der Waals surface area contributed by atoms with E-state index < -0.39 is 0 Å². The number of anilines is 1. The lowest BCUT2D eigenvalue weighted by Crippen LogP contribution is -2.02. The van der Waals surface area contributed by atoms with Crippen LogP contribution in [0.2, 0.25) is 5.15 Å². The maximum atomic E-state index is 11.0. The summed E-state index contributed by atoms with van der Waals surface area (Å²) in [6, 6.07) is 9.14. The number of nitrogens with zero attached hydrogens (tertiary/aromatic N) is 2.